The molecule has 0 atom stereocenters. The first-order valence-electron chi connectivity index (χ1n) is 8.18. The van der Waals surface area contributed by atoms with E-state index in [1.807, 2.05) is 36.4 Å². The van der Waals surface area contributed by atoms with E-state index in [2.05, 4.69) is 9.97 Å². The van der Waals surface area contributed by atoms with Gasteiger partial charge < -0.3 is 9.40 Å². The number of halogens is 1. The SMILES string of the molecule is O=C1/C(=C/c2ccc(-c3cccc(Cl)c3)o2)SC(=S)N1CCc1cnc[nH]1. The van der Waals surface area contributed by atoms with Crippen molar-refractivity contribution < 1.29 is 9.21 Å². The molecular weight excluding hydrogens is 402 g/mol. The minimum absolute atomic E-state index is 0.106. The number of carbonyl (C=O) groups is 1. The Balaban J connectivity index is 1.49. The van der Waals surface area contributed by atoms with Gasteiger partial charge in [0.1, 0.15) is 15.8 Å². The summed E-state index contributed by atoms with van der Waals surface area (Å²) in [6.45, 7) is 0.510. The number of aromatic nitrogens is 2. The summed E-state index contributed by atoms with van der Waals surface area (Å²) >= 11 is 12.7. The highest BCUT2D eigenvalue weighted by Gasteiger charge is 2.32. The summed E-state index contributed by atoms with van der Waals surface area (Å²) in [6.07, 6.45) is 5.75. The van der Waals surface area contributed by atoms with Gasteiger partial charge in [0.15, 0.2) is 0 Å². The molecule has 0 unspecified atom stereocenters. The normalized spacial score (nSPS) is 15.9. The van der Waals surface area contributed by atoms with Gasteiger partial charge in [-0.3, -0.25) is 9.69 Å². The van der Waals surface area contributed by atoms with Crippen LogP contribution in [0, 0.1) is 0 Å². The smallest absolute Gasteiger partial charge is 0.266 e. The van der Waals surface area contributed by atoms with E-state index in [0.29, 0.717) is 38.7 Å². The van der Waals surface area contributed by atoms with Crippen LogP contribution in [-0.4, -0.2) is 31.6 Å². The highest BCUT2D eigenvalue weighted by Crippen LogP contribution is 2.34. The number of carbonyl (C=O) groups excluding carboxylic acids is 1. The third kappa shape index (κ3) is 4.00. The third-order valence-electron chi connectivity index (χ3n) is 4.04. The maximum absolute atomic E-state index is 12.7. The van der Waals surface area contributed by atoms with Gasteiger partial charge in [0.25, 0.3) is 5.91 Å². The fraction of sp³-hybridized carbons (Fsp3) is 0.105. The second kappa shape index (κ2) is 7.72. The molecule has 4 rings (SSSR count). The van der Waals surface area contributed by atoms with Crippen LogP contribution in [0.5, 0.6) is 0 Å². The first-order valence-corrected chi connectivity index (χ1v) is 9.79. The second-order valence-corrected chi connectivity index (χ2v) is 7.98. The van der Waals surface area contributed by atoms with Crippen LogP contribution in [0.3, 0.4) is 0 Å². The molecule has 3 aromatic rings. The molecule has 3 heterocycles. The number of benzene rings is 1. The topological polar surface area (TPSA) is 62.1 Å². The maximum atomic E-state index is 12.7. The largest absolute Gasteiger partial charge is 0.457 e. The Labute approximate surface area is 170 Å². The Morgan fingerprint density at radius 1 is 1.33 bits per heavy atom. The zero-order chi connectivity index (χ0) is 18.8. The van der Waals surface area contributed by atoms with Crippen molar-refractivity contribution in [3.8, 4) is 11.3 Å². The average Bonchev–Trinajstić information content (AvgIpc) is 3.37. The minimum Gasteiger partial charge on any atom is -0.457 e. The molecule has 1 saturated heterocycles. The lowest BCUT2D eigenvalue weighted by Gasteiger charge is -2.13. The summed E-state index contributed by atoms with van der Waals surface area (Å²) in [4.78, 5) is 21.8. The van der Waals surface area contributed by atoms with Gasteiger partial charge in [-0.1, -0.05) is 47.7 Å². The number of thiocarbonyl (C=S) groups is 1. The van der Waals surface area contributed by atoms with Gasteiger partial charge in [-0.25, -0.2) is 4.98 Å². The summed E-state index contributed by atoms with van der Waals surface area (Å²) in [6, 6.07) is 11.1. The van der Waals surface area contributed by atoms with Gasteiger partial charge in [-0.2, -0.15) is 0 Å². The number of hydrogen-bond acceptors (Lipinski definition) is 5. The number of nitrogens with one attached hydrogen (secondary N) is 1. The Morgan fingerprint density at radius 3 is 3.00 bits per heavy atom. The van der Waals surface area contributed by atoms with E-state index >= 15 is 0 Å². The first kappa shape index (κ1) is 18.0. The van der Waals surface area contributed by atoms with Crippen molar-refractivity contribution in [2.45, 2.75) is 6.42 Å². The lowest BCUT2D eigenvalue weighted by molar-refractivity contribution is -0.122. The summed E-state index contributed by atoms with van der Waals surface area (Å²) in [7, 11) is 0. The maximum Gasteiger partial charge on any atom is 0.266 e. The van der Waals surface area contributed by atoms with Crippen LogP contribution in [0.4, 0.5) is 0 Å². The van der Waals surface area contributed by atoms with E-state index in [9.17, 15) is 4.79 Å². The molecule has 1 aliphatic heterocycles. The molecule has 136 valence electrons. The van der Waals surface area contributed by atoms with E-state index in [-0.39, 0.29) is 5.91 Å². The number of imidazole rings is 1. The van der Waals surface area contributed by atoms with Gasteiger partial charge in [-0.05, 0) is 24.3 Å². The number of thioether (sulfide) groups is 1. The van der Waals surface area contributed by atoms with Gasteiger partial charge in [0, 0.05) is 41.5 Å². The molecule has 0 saturated carbocycles. The molecule has 0 bridgehead atoms. The molecule has 1 amide bonds. The molecule has 1 N–H and O–H groups in total. The highest BCUT2D eigenvalue weighted by atomic mass is 35.5. The molecule has 27 heavy (non-hydrogen) atoms. The minimum atomic E-state index is -0.106. The van der Waals surface area contributed by atoms with E-state index in [4.69, 9.17) is 28.2 Å². The fourth-order valence-corrected chi connectivity index (χ4v) is 4.18. The fourth-order valence-electron chi connectivity index (χ4n) is 2.70. The Morgan fingerprint density at radius 2 is 2.22 bits per heavy atom. The zero-order valence-electron chi connectivity index (χ0n) is 14.0. The summed E-state index contributed by atoms with van der Waals surface area (Å²) in [5.74, 6) is 1.18. The average molecular weight is 416 g/mol. The quantitative estimate of drug-likeness (QED) is 0.480. The van der Waals surface area contributed by atoms with Crippen LogP contribution >= 0.6 is 35.6 Å². The van der Waals surface area contributed by atoms with Crippen LogP contribution in [0.2, 0.25) is 5.02 Å². The summed E-state index contributed by atoms with van der Waals surface area (Å²) < 4.78 is 6.40. The molecule has 5 nitrogen and oxygen atoms in total. The van der Waals surface area contributed by atoms with Crippen molar-refractivity contribution in [3.63, 3.8) is 0 Å². The lowest BCUT2D eigenvalue weighted by atomic mass is 10.2. The molecule has 2 aromatic heterocycles. The monoisotopic (exact) mass is 415 g/mol. The summed E-state index contributed by atoms with van der Waals surface area (Å²) in [5.41, 5.74) is 1.85. The number of H-pyrrole nitrogens is 1. The predicted molar refractivity (Wildman–Crippen MR) is 111 cm³/mol. The van der Waals surface area contributed by atoms with E-state index < -0.39 is 0 Å². The Kier molecular flexibility index (Phi) is 5.15. The Bertz CT molecular complexity index is 1030. The first-order chi connectivity index (χ1) is 13.1. The van der Waals surface area contributed by atoms with Crippen molar-refractivity contribution >= 4 is 51.9 Å². The van der Waals surface area contributed by atoms with Gasteiger partial charge >= 0.3 is 0 Å². The van der Waals surface area contributed by atoms with Crippen molar-refractivity contribution in [2.24, 2.45) is 0 Å². The molecular formula is C19H14ClN3O2S2. The third-order valence-corrected chi connectivity index (χ3v) is 5.66. The van der Waals surface area contributed by atoms with Crippen molar-refractivity contribution in [2.75, 3.05) is 6.54 Å². The van der Waals surface area contributed by atoms with E-state index in [1.165, 1.54) is 11.8 Å². The van der Waals surface area contributed by atoms with Crippen molar-refractivity contribution in [3.05, 3.63) is 70.3 Å². The highest BCUT2D eigenvalue weighted by molar-refractivity contribution is 8.26. The number of aromatic amines is 1. The standard InChI is InChI=1S/C19H14ClN3O2S2/c20-13-3-1-2-12(8-13)16-5-4-15(25-16)9-17-18(24)23(19(26)27-17)7-6-14-10-21-11-22-14/h1-5,8-11H,6-7H2,(H,21,22)/b17-9-. The number of rotatable bonds is 5. The van der Waals surface area contributed by atoms with Crippen LogP contribution in [0.1, 0.15) is 11.5 Å². The molecule has 0 radical (unpaired) electrons. The van der Waals surface area contributed by atoms with Crippen LogP contribution in [0.15, 0.2) is 58.2 Å². The number of hydrogen-bond donors (Lipinski definition) is 1. The van der Waals surface area contributed by atoms with Gasteiger partial charge in [-0.15, -0.1) is 0 Å². The number of amides is 1. The molecule has 1 aromatic carbocycles. The number of nitrogens with zero attached hydrogens (tertiary/aromatic N) is 2. The molecule has 0 aliphatic carbocycles. The number of furan rings is 1. The second-order valence-electron chi connectivity index (χ2n) is 5.87. The van der Waals surface area contributed by atoms with Crippen LogP contribution in [-0.2, 0) is 11.2 Å². The Hall–Kier alpha value is -2.35. The predicted octanol–water partition coefficient (Wildman–Crippen LogP) is 4.77. The van der Waals surface area contributed by atoms with Gasteiger partial charge in [0.2, 0.25) is 0 Å². The molecule has 0 spiro atoms. The van der Waals surface area contributed by atoms with Crippen LogP contribution in [0.25, 0.3) is 17.4 Å². The van der Waals surface area contributed by atoms with Crippen molar-refractivity contribution in [1.29, 1.82) is 0 Å². The molecule has 8 heteroatoms. The van der Waals surface area contributed by atoms with E-state index in [1.54, 1.807) is 23.5 Å². The molecule has 1 aliphatic rings. The zero-order valence-corrected chi connectivity index (χ0v) is 16.4. The van der Waals surface area contributed by atoms with Gasteiger partial charge in [0.05, 0.1) is 11.2 Å². The van der Waals surface area contributed by atoms with E-state index in [0.717, 1.165) is 11.3 Å². The van der Waals surface area contributed by atoms with Crippen molar-refractivity contribution in [1.82, 2.24) is 14.9 Å². The lowest BCUT2D eigenvalue weighted by Crippen LogP contribution is -2.30. The van der Waals surface area contributed by atoms with Crippen LogP contribution < -0.4 is 0 Å². The summed E-state index contributed by atoms with van der Waals surface area (Å²) in [5, 5.41) is 0.642. The molecule has 1 fully saturated rings.